The fraction of sp³-hybridized carbons (Fsp3) is 0.421. The molecule has 0 amide bonds. The molecule has 6 nitrogen and oxygen atoms in total. The molecule has 1 aromatic carbocycles. The van der Waals surface area contributed by atoms with Crippen molar-refractivity contribution in [1.82, 2.24) is 14.9 Å². The molecule has 1 saturated heterocycles. The third-order valence-electron chi connectivity index (χ3n) is 4.40. The zero-order valence-electron chi connectivity index (χ0n) is 14.8. The molecule has 3 rings (SSSR count). The Kier molecular flexibility index (Phi) is 5.60. The zero-order valence-corrected chi connectivity index (χ0v) is 14.8. The first-order chi connectivity index (χ1) is 12.2. The number of benzene rings is 1. The van der Waals surface area contributed by atoms with Crippen LogP contribution in [0.2, 0.25) is 0 Å². The Morgan fingerprint density at radius 1 is 1.16 bits per heavy atom. The third-order valence-corrected chi connectivity index (χ3v) is 4.40. The number of carbonyl (C=O) groups excluding carboxylic acids is 1. The van der Waals surface area contributed by atoms with Crippen LogP contribution in [-0.4, -0.2) is 60.2 Å². The van der Waals surface area contributed by atoms with Gasteiger partial charge >= 0.3 is 5.97 Å². The smallest absolute Gasteiger partial charge is 0.320 e. The van der Waals surface area contributed by atoms with E-state index in [1.165, 1.54) is 5.56 Å². The van der Waals surface area contributed by atoms with Crippen molar-refractivity contribution < 1.29 is 9.53 Å². The Hall–Kier alpha value is -2.47. The molecule has 0 radical (unpaired) electrons. The van der Waals surface area contributed by atoms with E-state index in [0.717, 1.165) is 43.3 Å². The average Bonchev–Trinajstić information content (AvgIpc) is 2.63. The summed E-state index contributed by atoms with van der Waals surface area (Å²) in [5.74, 6) is 0.730. The zero-order chi connectivity index (χ0) is 17.6. The average molecular weight is 340 g/mol. The standard InChI is InChI=1S/C19H24N4O2/c1-3-25-19(24)14-22-8-10-23(11-9-22)18-13-20-12-17(21-18)16-7-5-4-6-15(16)2/h4-7,12-13H,3,8-11,14H2,1-2H3. The van der Waals surface area contributed by atoms with Crippen molar-refractivity contribution in [2.24, 2.45) is 0 Å². The largest absolute Gasteiger partial charge is 0.465 e. The molecule has 0 unspecified atom stereocenters. The van der Waals surface area contributed by atoms with Gasteiger partial charge in [0.25, 0.3) is 0 Å². The van der Waals surface area contributed by atoms with Crippen molar-refractivity contribution in [3.8, 4) is 11.3 Å². The summed E-state index contributed by atoms with van der Waals surface area (Å²) < 4.78 is 5.02. The minimum Gasteiger partial charge on any atom is -0.465 e. The van der Waals surface area contributed by atoms with Crippen molar-refractivity contribution in [2.75, 3.05) is 44.2 Å². The van der Waals surface area contributed by atoms with E-state index in [0.29, 0.717) is 13.2 Å². The van der Waals surface area contributed by atoms with E-state index in [4.69, 9.17) is 9.72 Å². The second-order valence-electron chi connectivity index (χ2n) is 6.15. The van der Waals surface area contributed by atoms with Gasteiger partial charge in [0.1, 0.15) is 5.82 Å². The quantitative estimate of drug-likeness (QED) is 0.777. The summed E-state index contributed by atoms with van der Waals surface area (Å²) in [4.78, 5) is 25.1. The molecule has 0 spiro atoms. The van der Waals surface area contributed by atoms with Gasteiger partial charge in [-0.2, -0.15) is 0 Å². The number of aromatic nitrogens is 2. The van der Waals surface area contributed by atoms with Crippen molar-refractivity contribution in [3.63, 3.8) is 0 Å². The highest BCUT2D eigenvalue weighted by Gasteiger charge is 2.21. The van der Waals surface area contributed by atoms with E-state index in [1.807, 2.05) is 31.5 Å². The molecule has 1 aliphatic heterocycles. The van der Waals surface area contributed by atoms with Gasteiger partial charge in [-0.15, -0.1) is 0 Å². The maximum absolute atomic E-state index is 11.6. The Morgan fingerprint density at radius 2 is 1.92 bits per heavy atom. The predicted octanol–water partition coefficient (Wildman–Crippen LogP) is 2.14. The van der Waals surface area contributed by atoms with E-state index in [2.05, 4.69) is 33.8 Å². The number of ether oxygens (including phenoxy) is 1. The minimum atomic E-state index is -0.155. The van der Waals surface area contributed by atoms with Crippen LogP contribution in [0.4, 0.5) is 5.82 Å². The van der Waals surface area contributed by atoms with Crippen LogP contribution in [0, 0.1) is 6.92 Å². The summed E-state index contributed by atoms with van der Waals surface area (Å²) >= 11 is 0. The van der Waals surface area contributed by atoms with Gasteiger partial charge in [0.15, 0.2) is 0 Å². The van der Waals surface area contributed by atoms with Gasteiger partial charge in [-0.05, 0) is 19.4 Å². The van der Waals surface area contributed by atoms with Crippen LogP contribution in [0.5, 0.6) is 0 Å². The van der Waals surface area contributed by atoms with E-state index >= 15 is 0 Å². The van der Waals surface area contributed by atoms with Crippen LogP contribution in [0.1, 0.15) is 12.5 Å². The summed E-state index contributed by atoms with van der Waals surface area (Å²) in [6, 6.07) is 8.20. The SMILES string of the molecule is CCOC(=O)CN1CCN(c2cncc(-c3ccccc3C)n2)CC1. The Labute approximate surface area is 148 Å². The first kappa shape index (κ1) is 17.4. The number of aryl methyl sites for hydroxylation is 1. The molecule has 25 heavy (non-hydrogen) atoms. The van der Waals surface area contributed by atoms with Gasteiger partial charge in [-0.3, -0.25) is 14.7 Å². The van der Waals surface area contributed by atoms with Crippen LogP contribution < -0.4 is 4.90 Å². The number of rotatable bonds is 5. The molecule has 1 aliphatic rings. The fourth-order valence-electron chi connectivity index (χ4n) is 3.02. The van der Waals surface area contributed by atoms with Crippen LogP contribution >= 0.6 is 0 Å². The Morgan fingerprint density at radius 3 is 2.64 bits per heavy atom. The van der Waals surface area contributed by atoms with E-state index in [-0.39, 0.29) is 5.97 Å². The number of nitrogens with zero attached hydrogens (tertiary/aromatic N) is 4. The summed E-state index contributed by atoms with van der Waals surface area (Å²) in [6.07, 6.45) is 3.62. The summed E-state index contributed by atoms with van der Waals surface area (Å²) in [6.45, 7) is 7.98. The van der Waals surface area contributed by atoms with E-state index in [9.17, 15) is 4.79 Å². The minimum absolute atomic E-state index is 0.155. The van der Waals surface area contributed by atoms with Crippen LogP contribution in [0.15, 0.2) is 36.7 Å². The van der Waals surface area contributed by atoms with Gasteiger partial charge in [0.05, 0.1) is 31.2 Å². The predicted molar refractivity (Wildman–Crippen MR) is 97.5 cm³/mol. The molecule has 0 atom stereocenters. The maximum Gasteiger partial charge on any atom is 0.320 e. The highest BCUT2D eigenvalue weighted by molar-refractivity contribution is 5.71. The number of esters is 1. The highest BCUT2D eigenvalue weighted by atomic mass is 16.5. The second kappa shape index (κ2) is 8.07. The number of piperazine rings is 1. The molecule has 132 valence electrons. The molecule has 6 heteroatoms. The first-order valence-electron chi connectivity index (χ1n) is 8.68. The summed E-state index contributed by atoms with van der Waals surface area (Å²) in [5, 5.41) is 0. The lowest BCUT2D eigenvalue weighted by Gasteiger charge is -2.34. The number of hydrogen-bond donors (Lipinski definition) is 0. The van der Waals surface area contributed by atoms with Crippen molar-refractivity contribution in [2.45, 2.75) is 13.8 Å². The van der Waals surface area contributed by atoms with E-state index in [1.54, 1.807) is 0 Å². The molecule has 2 heterocycles. The lowest BCUT2D eigenvalue weighted by atomic mass is 10.1. The molecular formula is C19H24N4O2. The van der Waals surface area contributed by atoms with Gasteiger partial charge in [0.2, 0.25) is 0 Å². The lowest BCUT2D eigenvalue weighted by Crippen LogP contribution is -2.48. The number of carbonyl (C=O) groups is 1. The topological polar surface area (TPSA) is 58.6 Å². The van der Waals surface area contributed by atoms with Crippen molar-refractivity contribution >= 4 is 11.8 Å². The lowest BCUT2D eigenvalue weighted by molar-refractivity contribution is -0.144. The molecule has 2 aromatic rings. The molecule has 1 fully saturated rings. The monoisotopic (exact) mass is 340 g/mol. The van der Waals surface area contributed by atoms with Crippen LogP contribution in [0.3, 0.4) is 0 Å². The second-order valence-corrected chi connectivity index (χ2v) is 6.15. The Bertz CT molecular complexity index is 727. The van der Waals surface area contributed by atoms with Gasteiger partial charge in [0, 0.05) is 31.7 Å². The van der Waals surface area contributed by atoms with Crippen molar-refractivity contribution in [1.29, 1.82) is 0 Å². The number of anilines is 1. The molecular weight excluding hydrogens is 316 g/mol. The summed E-state index contributed by atoms with van der Waals surface area (Å²) in [5.41, 5.74) is 3.19. The van der Waals surface area contributed by atoms with Gasteiger partial charge in [-0.25, -0.2) is 4.98 Å². The molecule has 0 saturated carbocycles. The third kappa shape index (κ3) is 4.33. The highest BCUT2D eigenvalue weighted by Crippen LogP contribution is 2.23. The molecule has 0 N–H and O–H groups in total. The van der Waals surface area contributed by atoms with Gasteiger partial charge < -0.3 is 9.64 Å². The maximum atomic E-state index is 11.6. The summed E-state index contributed by atoms with van der Waals surface area (Å²) in [7, 11) is 0. The fourth-order valence-corrected chi connectivity index (χ4v) is 3.02. The van der Waals surface area contributed by atoms with Gasteiger partial charge in [-0.1, -0.05) is 24.3 Å². The van der Waals surface area contributed by atoms with Crippen LogP contribution in [-0.2, 0) is 9.53 Å². The number of hydrogen-bond acceptors (Lipinski definition) is 6. The van der Waals surface area contributed by atoms with Crippen molar-refractivity contribution in [3.05, 3.63) is 42.2 Å². The normalized spacial score (nSPS) is 15.2. The molecule has 1 aromatic heterocycles. The first-order valence-corrected chi connectivity index (χ1v) is 8.68. The molecule has 0 aliphatic carbocycles. The molecule has 0 bridgehead atoms. The Balaban J connectivity index is 1.65. The van der Waals surface area contributed by atoms with Crippen LogP contribution in [0.25, 0.3) is 11.3 Å². The van der Waals surface area contributed by atoms with E-state index < -0.39 is 0 Å².